The Bertz CT molecular complexity index is 999. The summed E-state index contributed by atoms with van der Waals surface area (Å²) in [7, 11) is 1.68. The number of thioether (sulfide) groups is 1. The second kappa shape index (κ2) is 8.10. The molecule has 3 aromatic carbocycles. The Morgan fingerprint density at radius 2 is 1.48 bits per heavy atom. The normalized spacial score (nSPS) is 10.7. The van der Waals surface area contributed by atoms with Gasteiger partial charge in [-0.25, -0.2) is 0 Å². The zero-order valence-corrected chi connectivity index (χ0v) is 15.8. The summed E-state index contributed by atoms with van der Waals surface area (Å²) in [6, 6.07) is 28.5. The average molecular weight is 373 g/mol. The maximum absolute atomic E-state index is 5.23. The van der Waals surface area contributed by atoms with Crippen LogP contribution in [-0.4, -0.2) is 21.9 Å². The Morgan fingerprint density at radius 1 is 0.815 bits per heavy atom. The van der Waals surface area contributed by atoms with Crippen LogP contribution in [0.1, 0.15) is 5.56 Å². The lowest BCUT2D eigenvalue weighted by molar-refractivity contribution is 0.414. The first-order valence-electron chi connectivity index (χ1n) is 8.67. The van der Waals surface area contributed by atoms with Crippen LogP contribution in [0.25, 0.3) is 17.1 Å². The minimum atomic E-state index is 0.809. The van der Waals surface area contributed by atoms with Gasteiger partial charge in [-0.3, -0.25) is 4.57 Å². The fraction of sp³-hybridized carbons (Fsp3) is 0.0909. The van der Waals surface area contributed by atoms with Crippen LogP contribution in [0.2, 0.25) is 0 Å². The first-order valence-corrected chi connectivity index (χ1v) is 9.66. The van der Waals surface area contributed by atoms with Gasteiger partial charge < -0.3 is 4.74 Å². The van der Waals surface area contributed by atoms with Crippen LogP contribution >= 0.6 is 11.8 Å². The summed E-state index contributed by atoms with van der Waals surface area (Å²) in [6.45, 7) is 0. The van der Waals surface area contributed by atoms with Crippen LogP contribution in [0, 0.1) is 0 Å². The Morgan fingerprint density at radius 3 is 2.15 bits per heavy atom. The molecule has 4 nitrogen and oxygen atoms in total. The zero-order chi connectivity index (χ0) is 18.5. The highest BCUT2D eigenvalue weighted by Gasteiger charge is 2.15. The molecule has 0 atom stereocenters. The molecule has 0 bridgehead atoms. The fourth-order valence-electron chi connectivity index (χ4n) is 2.82. The van der Waals surface area contributed by atoms with Crippen molar-refractivity contribution in [1.82, 2.24) is 14.8 Å². The quantitative estimate of drug-likeness (QED) is 0.434. The molecule has 0 aliphatic heterocycles. The Labute approximate surface area is 162 Å². The minimum absolute atomic E-state index is 0.809. The van der Waals surface area contributed by atoms with E-state index in [4.69, 9.17) is 4.74 Å². The molecule has 0 N–H and O–H groups in total. The fourth-order valence-corrected chi connectivity index (χ4v) is 3.72. The molecule has 0 spiro atoms. The van der Waals surface area contributed by atoms with Crippen molar-refractivity contribution in [2.24, 2.45) is 0 Å². The lowest BCUT2D eigenvalue weighted by atomic mass is 10.2. The van der Waals surface area contributed by atoms with Crippen LogP contribution < -0.4 is 4.74 Å². The van der Waals surface area contributed by atoms with Gasteiger partial charge in [0.25, 0.3) is 0 Å². The van der Waals surface area contributed by atoms with Crippen molar-refractivity contribution in [2.45, 2.75) is 10.9 Å². The van der Waals surface area contributed by atoms with Crippen LogP contribution in [0.15, 0.2) is 90.1 Å². The Balaban J connectivity index is 1.67. The average Bonchev–Trinajstić information content (AvgIpc) is 3.18. The molecule has 0 saturated carbocycles. The molecular formula is C22H19N3OS. The SMILES string of the molecule is COc1ccc(CSc2nnc(-c3ccccc3)n2-c2ccccc2)cc1. The zero-order valence-electron chi connectivity index (χ0n) is 14.9. The standard InChI is InChI=1S/C22H19N3OS/c1-26-20-14-12-17(13-15-20)16-27-22-24-23-21(18-8-4-2-5-9-18)25(22)19-10-6-3-7-11-19/h2-15H,16H2,1H3. The van der Waals surface area contributed by atoms with Gasteiger partial charge in [0.2, 0.25) is 0 Å². The van der Waals surface area contributed by atoms with E-state index in [1.165, 1.54) is 5.56 Å². The number of rotatable bonds is 6. The third kappa shape index (κ3) is 3.88. The van der Waals surface area contributed by atoms with Crippen molar-refractivity contribution >= 4 is 11.8 Å². The molecule has 0 fully saturated rings. The molecule has 1 aromatic heterocycles. The molecule has 4 rings (SSSR count). The van der Waals surface area contributed by atoms with E-state index in [2.05, 4.69) is 51.2 Å². The van der Waals surface area contributed by atoms with Crippen molar-refractivity contribution in [3.05, 3.63) is 90.5 Å². The third-order valence-corrected chi connectivity index (χ3v) is 5.21. The molecule has 0 aliphatic rings. The maximum Gasteiger partial charge on any atom is 0.196 e. The largest absolute Gasteiger partial charge is 0.497 e. The van der Waals surface area contributed by atoms with Gasteiger partial charge in [-0.05, 0) is 29.8 Å². The highest BCUT2D eigenvalue weighted by molar-refractivity contribution is 7.98. The van der Waals surface area contributed by atoms with E-state index in [0.29, 0.717) is 0 Å². The second-order valence-electron chi connectivity index (χ2n) is 5.98. The van der Waals surface area contributed by atoms with Crippen molar-refractivity contribution in [3.63, 3.8) is 0 Å². The van der Waals surface area contributed by atoms with Gasteiger partial charge in [0, 0.05) is 17.0 Å². The monoisotopic (exact) mass is 373 g/mol. The van der Waals surface area contributed by atoms with E-state index in [0.717, 1.165) is 33.7 Å². The minimum Gasteiger partial charge on any atom is -0.497 e. The Kier molecular flexibility index (Phi) is 5.21. The van der Waals surface area contributed by atoms with E-state index >= 15 is 0 Å². The topological polar surface area (TPSA) is 39.9 Å². The van der Waals surface area contributed by atoms with Crippen LogP contribution in [0.3, 0.4) is 0 Å². The van der Waals surface area contributed by atoms with Gasteiger partial charge in [0.15, 0.2) is 11.0 Å². The first-order chi connectivity index (χ1) is 13.3. The highest BCUT2D eigenvalue weighted by atomic mass is 32.2. The summed E-state index contributed by atoms with van der Waals surface area (Å²) >= 11 is 1.67. The molecule has 0 aliphatic carbocycles. The Hall–Kier alpha value is -3.05. The van der Waals surface area contributed by atoms with Gasteiger partial charge in [-0.2, -0.15) is 0 Å². The van der Waals surface area contributed by atoms with Crippen LogP contribution in [0.5, 0.6) is 5.75 Å². The third-order valence-electron chi connectivity index (χ3n) is 4.21. The summed E-state index contributed by atoms with van der Waals surface area (Å²) in [5.41, 5.74) is 3.31. The molecule has 1 heterocycles. The number of aromatic nitrogens is 3. The molecule has 4 aromatic rings. The van der Waals surface area contributed by atoms with E-state index in [1.807, 2.05) is 48.5 Å². The smallest absolute Gasteiger partial charge is 0.196 e. The summed E-state index contributed by atoms with van der Waals surface area (Å²) in [4.78, 5) is 0. The predicted molar refractivity (Wildman–Crippen MR) is 109 cm³/mol. The summed E-state index contributed by atoms with van der Waals surface area (Å²) in [5, 5.41) is 9.81. The number of methoxy groups -OCH3 is 1. The van der Waals surface area contributed by atoms with Crippen molar-refractivity contribution in [3.8, 4) is 22.8 Å². The van der Waals surface area contributed by atoms with Gasteiger partial charge in [0.05, 0.1) is 7.11 Å². The number of benzene rings is 3. The van der Waals surface area contributed by atoms with Crippen molar-refractivity contribution in [1.29, 1.82) is 0 Å². The summed E-state index contributed by atoms with van der Waals surface area (Å²) < 4.78 is 7.34. The van der Waals surface area contributed by atoms with E-state index in [-0.39, 0.29) is 0 Å². The number of ether oxygens (including phenoxy) is 1. The summed E-state index contributed by atoms with van der Waals surface area (Å²) in [5.74, 6) is 2.52. The van der Waals surface area contributed by atoms with Gasteiger partial charge in [-0.15, -0.1) is 10.2 Å². The highest BCUT2D eigenvalue weighted by Crippen LogP contribution is 2.29. The van der Waals surface area contributed by atoms with Gasteiger partial charge in [-0.1, -0.05) is 72.4 Å². The lowest BCUT2D eigenvalue weighted by Gasteiger charge is -2.10. The summed E-state index contributed by atoms with van der Waals surface area (Å²) in [6.07, 6.45) is 0. The molecule has 27 heavy (non-hydrogen) atoms. The van der Waals surface area contributed by atoms with Crippen molar-refractivity contribution in [2.75, 3.05) is 7.11 Å². The van der Waals surface area contributed by atoms with E-state index in [9.17, 15) is 0 Å². The second-order valence-corrected chi connectivity index (χ2v) is 6.92. The molecule has 0 amide bonds. The first kappa shape index (κ1) is 17.4. The molecule has 0 unspecified atom stereocenters. The number of nitrogens with zero attached hydrogens (tertiary/aromatic N) is 3. The van der Waals surface area contributed by atoms with E-state index in [1.54, 1.807) is 18.9 Å². The maximum atomic E-state index is 5.23. The number of hydrogen-bond donors (Lipinski definition) is 0. The molecule has 134 valence electrons. The van der Waals surface area contributed by atoms with Crippen LogP contribution in [0.4, 0.5) is 0 Å². The van der Waals surface area contributed by atoms with Gasteiger partial charge in [0.1, 0.15) is 5.75 Å². The van der Waals surface area contributed by atoms with E-state index < -0.39 is 0 Å². The predicted octanol–water partition coefficient (Wildman–Crippen LogP) is 5.24. The number of para-hydroxylation sites is 1. The lowest BCUT2D eigenvalue weighted by Crippen LogP contribution is -1.99. The van der Waals surface area contributed by atoms with Crippen LogP contribution in [-0.2, 0) is 5.75 Å². The van der Waals surface area contributed by atoms with Gasteiger partial charge >= 0.3 is 0 Å². The molecular weight excluding hydrogens is 354 g/mol. The number of hydrogen-bond acceptors (Lipinski definition) is 4. The molecule has 5 heteroatoms. The molecule has 0 radical (unpaired) electrons. The molecule has 0 saturated heterocycles. The van der Waals surface area contributed by atoms with Crippen molar-refractivity contribution < 1.29 is 4.74 Å².